The minimum Gasteiger partial charge on any atom is -0.313 e. The lowest BCUT2D eigenvalue weighted by molar-refractivity contribution is 0.600. The molecule has 0 aliphatic rings. The van der Waals surface area contributed by atoms with Crippen molar-refractivity contribution in [3.63, 3.8) is 0 Å². The largest absolute Gasteiger partial charge is 0.313 e. The zero-order valence-corrected chi connectivity index (χ0v) is 12.3. The molecule has 108 valence electrons. The molecule has 1 N–H and O–H groups in total. The molecular formula is C15H21FN4. The number of hydrogen-bond acceptors (Lipinski definition) is 3. The second-order valence-corrected chi connectivity index (χ2v) is 4.63. The zero-order chi connectivity index (χ0) is 14.5. The number of rotatable bonds is 6. The van der Waals surface area contributed by atoms with Gasteiger partial charge < -0.3 is 5.32 Å². The van der Waals surface area contributed by atoms with Crippen molar-refractivity contribution in [1.82, 2.24) is 20.1 Å². The summed E-state index contributed by atoms with van der Waals surface area (Å²) in [5.41, 5.74) is 1.40. The van der Waals surface area contributed by atoms with Crippen LogP contribution < -0.4 is 5.32 Å². The van der Waals surface area contributed by atoms with Gasteiger partial charge in [-0.2, -0.15) is 5.10 Å². The lowest BCUT2D eigenvalue weighted by atomic mass is 10.2. The minimum absolute atomic E-state index is 0.261. The fourth-order valence-corrected chi connectivity index (χ4v) is 2.06. The number of halogens is 1. The van der Waals surface area contributed by atoms with Crippen LogP contribution in [0.5, 0.6) is 0 Å². The maximum Gasteiger partial charge on any atom is 0.151 e. The summed E-state index contributed by atoms with van der Waals surface area (Å²) in [5.74, 6) is 1.28. The summed E-state index contributed by atoms with van der Waals surface area (Å²) in [5, 5.41) is 7.56. The molecule has 0 spiro atoms. The van der Waals surface area contributed by atoms with Crippen LogP contribution in [0.3, 0.4) is 0 Å². The van der Waals surface area contributed by atoms with Crippen molar-refractivity contribution < 1.29 is 4.39 Å². The van der Waals surface area contributed by atoms with Gasteiger partial charge in [0.1, 0.15) is 17.3 Å². The Kier molecular flexibility index (Phi) is 4.84. The fraction of sp³-hybridized carbons (Fsp3) is 0.467. The van der Waals surface area contributed by atoms with Crippen molar-refractivity contribution in [3.8, 4) is 5.69 Å². The van der Waals surface area contributed by atoms with E-state index < -0.39 is 0 Å². The molecule has 5 heteroatoms. The highest BCUT2D eigenvalue weighted by atomic mass is 19.1. The summed E-state index contributed by atoms with van der Waals surface area (Å²) < 4.78 is 15.9. The monoisotopic (exact) mass is 276 g/mol. The highest BCUT2D eigenvalue weighted by Gasteiger charge is 2.13. The average Bonchev–Trinajstić information content (AvgIpc) is 2.88. The van der Waals surface area contributed by atoms with Crippen LogP contribution in [0, 0.1) is 5.82 Å². The SMILES string of the molecule is CCNCc1ccc(-n2nc(CC)nc2CC)c(F)c1. The van der Waals surface area contributed by atoms with E-state index in [0.717, 1.165) is 36.6 Å². The molecule has 4 nitrogen and oxygen atoms in total. The molecule has 0 aliphatic heterocycles. The highest BCUT2D eigenvalue weighted by Crippen LogP contribution is 2.17. The van der Waals surface area contributed by atoms with E-state index in [9.17, 15) is 4.39 Å². The van der Waals surface area contributed by atoms with Crippen LogP contribution in [-0.2, 0) is 19.4 Å². The Balaban J connectivity index is 2.35. The Labute approximate surface area is 119 Å². The van der Waals surface area contributed by atoms with Crippen molar-refractivity contribution in [2.24, 2.45) is 0 Å². The van der Waals surface area contributed by atoms with Gasteiger partial charge in [0, 0.05) is 19.4 Å². The van der Waals surface area contributed by atoms with Gasteiger partial charge in [-0.15, -0.1) is 0 Å². The molecule has 0 unspecified atom stereocenters. The number of nitrogens with one attached hydrogen (secondary N) is 1. The highest BCUT2D eigenvalue weighted by molar-refractivity contribution is 5.36. The van der Waals surface area contributed by atoms with Crippen molar-refractivity contribution >= 4 is 0 Å². The zero-order valence-electron chi connectivity index (χ0n) is 12.3. The first-order valence-electron chi connectivity index (χ1n) is 7.13. The second-order valence-electron chi connectivity index (χ2n) is 4.63. The maximum atomic E-state index is 14.3. The third-order valence-electron chi connectivity index (χ3n) is 3.17. The Bertz CT molecular complexity index is 577. The van der Waals surface area contributed by atoms with Gasteiger partial charge in [-0.3, -0.25) is 0 Å². The standard InChI is InChI=1S/C15H21FN4/c1-4-14-18-15(5-2)20(19-14)13-8-7-11(9-12(13)16)10-17-6-3/h7-9,17H,4-6,10H2,1-3H3. The van der Waals surface area contributed by atoms with Crippen LogP contribution in [0.4, 0.5) is 4.39 Å². The quantitative estimate of drug-likeness (QED) is 0.882. The summed E-state index contributed by atoms with van der Waals surface area (Å²) in [7, 11) is 0. The maximum absolute atomic E-state index is 14.3. The Morgan fingerprint density at radius 2 is 2.00 bits per heavy atom. The Morgan fingerprint density at radius 3 is 2.60 bits per heavy atom. The molecule has 0 radical (unpaired) electrons. The topological polar surface area (TPSA) is 42.7 Å². The van der Waals surface area contributed by atoms with Gasteiger partial charge in [0.2, 0.25) is 0 Å². The van der Waals surface area contributed by atoms with Gasteiger partial charge in [-0.1, -0.05) is 26.8 Å². The number of hydrogen-bond donors (Lipinski definition) is 1. The minimum atomic E-state index is -0.261. The molecule has 20 heavy (non-hydrogen) atoms. The molecular weight excluding hydrogens is 255 g/mol. The van der Waals surface area contributed by atoms with E-state index in [1.54, 1.807) is 16.8 Å². The molecule has 0 saturated heterocycles. The van der Waals surface area contributed by atoms with E-state index in [4.69, 9.17) is 0 Å². The molecule has 0 aliphatic carbocycles. The van der Waals surface area contributed by atoms with Gasteiger partial charge in [-0.25, -0.2) is 14.1 Å². The summed E-state index contributed by atoms with van der Waals surface area (Å²) >= 11 is 0. The van der Waals surface area contributed by atoms with Crippen molar-refractivity contribution in [2.75, 3.05) is 6.54 Å². The molecule has 1 aromatic carbocycles. The lowest BCUT2D eigenvalue weighted by Gasteiger charge is -2.08. The van der Waals surface area contributed by atoms with Crippen LogP contribution in [0.25, 0.3) is 5.69 Å². The third kappa shape index (κ3) is 3.04. The number of benzene rings is 1. The van der Waals surface area contributed by atoms with Crippen molar-refractivity contribution in [1.29, 1.82) is 0 Å². The van der Waals surface area contributed by atoms with Crippen LogP contribution in [0.1, 0.15) is 38.0 Å². The molecule has 0 bridgehead atoms. The van der Waals surface area contributed by atoms with Crippen molar-refractivity contribution in [3.05, 3.63) is 41.2 Å². The van der Waals surface area contributed by atoms with E-state index in [-0.39, 0.29) is 5.82 Å². The van der Waals surface area contributed by atoms with Gasteiger partial charge in [0.25, 0.3) is 0 Å². The molecule has 2 aromatic rings. The molecule has 0 fully saturated rings. The van der Waals surface area contributed by atoms with Crippen molar-refractivity contribution in [2.45, 2.75) is 40.2 Å². The Hall–Kier alpha value is -1.75. The number of aryl methyl sites for hydroxylation is 2. The van der Waals surface area contributed by atoms with E-state index in [1.807, 2.05) is 26.8 Å². The van der Waals surface area contributed by atoms with Crippen LogP contribution >= 0.6 is 0 Å². The second kappa shape index (κ2) is 6.61. The number of nitrogens with zero attached hydrogens (tertiary/aromatic N) is 3. The molecule has 0 amide bonds. The third-order valence-corrected chi connectivity index (χ3v) is 3.17. The van der Waals surface area contributed by atoms with E-state index in [1.165, 1.54) is 0 Å². The summed E-state index contributed by atoms with van der Waals surface area (Å²) in [6, 6.07) is 5.26. The van der Waals surface area contributed by atoms with Gasteiger partial charge >= 0.3 is 0 Å². The van der Waals surface area contributed by atoms with Gasteiger partial charge in [0.15, 0.2) is 5.82 Å². The van der Waals surface area contributed by atoms with Crippen LogP contribution in [-0.4, -0.2) is 21.3 Å². The normalized spacial score (nSPS) is 11.0. The van der Waals surface area contributed by atoms with E-state index >= 15 is 0 Å². The van der Waals surface area contributed by atoms with Crippen LogP contribution in [0.15, 0.2) is 18.2 Å². The summed E-state index contributed by atoms with van der Waals surface area (Å²) in [6.07, 6.45) is 1.48. The first-order valence-corrected chi connectivity index (χ1v) is 7.13. The Morgan fingerprint density at radius 1 is 1.20 bits per heavy atom. The smallest absolute Gasteiger partial charge is 0.151 e. The molecule has 1 heterocycles. The first-order chi connectivity index (χ1) is 9.69. The average molecular weight is 276 g/mol. The predicted molar refractivity (Wildman–Crippen MR) is 77.5 cm³/mol. The number of aromatic nitrogens is 3. The summed E-state index contributed by atoms with van der Waals surface area (Å²) in [6.45, 7) is 7.56. The van der Waals surface area contributed by atoms with E-state index in [2.05, 4.69) is 15.4 Å². The molecule has 1 aromatic heterocycles. The summed E-state index contributed by atoms with van der Waals surface area (Å²) in [4.78, 5) is 4.41. The van der Waals surface area contributed by atoms with E-state index in [0.29, 0.717) is 12.2 Å². The molecule has 0 atom stereocenters. The first kappa shape index (κ1) is 14.7. The predicted octanol–water partition coefficient (Wildman–Crippen LogP) is 2.64. The molecule has 2 rings (SSSR count). The van der Waals surface area contributed by atoms with Gasteiger partial charge in [-0.05, 0) is 24.2 Å². The lowest BCUT2D eigenvalue weighted by Crippen LogP contribution is -2.12. The molecule has 0 saturated carbocycles. The fourth-order valence-electron chi connectivity index (χ4n) is 2.06. The van der Waals surface area contributed by atoms with Gasteiger partial charge in [0.05, 0.1) is 0 Å². The van der Waals surface area contributed by atoms with Crippen LogP contribution in [0.2, 0.25) is 0 Å².